The highest BCUT2D eigenvalue weighted by molar-refractivity contribution is 5.81. The van der Waals surface area contributed by atoms with Crippen LogP contribution in [0.4, 0.5) is 0 Å². The van der Waals surface area contributed by atoms with Gasteiger partial charge in [-0.3, -0.25) is 4.79 Å². The van der Waals surface area contributed by atoms with Crippen molar-refractivity contribution in [1.82, 2.24) is 14.5 Å². The zero-order valence-electron chi connectivity index (χ0n) is 11.3. The van der Waals surface area contributed by atoms with Gasteiger partial charge in [-0.25, -0.2) is 4.98 Å². The van der Waals surface area contributed by atoms with Crippen molar-refractivity contribution in [1.29, 1.82) is 0 Å². The van der Waals surface area contributed by atoms with Gasteiger partial charge in [-0.2, -0.15) is 0 Å². The van der Waals surface area contributed by atoms with Gasteiger partial charge in [0, 0.05) is 6.04 Å². The van der Waals surface area contributed by atoms with Gasteiger partial charge in [-0.15, -0.1) is 0 Å². The van der Waals surface area contributed by atoms with E-state index >= 15 is 0 Å². The molecule has 0 unspecified atom stereocenters. The largest absolute Gasteiger partial charge is 0.331 e. The highest BCUT2D eigenvalue weighted by atomic mass is 16.2. The fourth-order valence-electron chi connectivity index (χ4n) is 3.48. The van der Waals surface area contributed by atoms with E-state index in [1.807, 2.05) is 28.8 Å². The fourth-order valence-corrected chi connectivity index (χ4v) is 3.48. The van der Waals surface area contributed by atoms with Crippen LogP contribution in [-0.2, 0) is 11.3 Å². The van der Waals surface area contributed by atoms with E-state index in [4.69, 9.17) is 0 Å². The molecule has 0 spiro atoms. The van der Waals surface area contributed by atoms with Gasteiger partial charge in [0.05, 0.1) is 23.4 Å². The SMILES string of the molecule is O=C(Cn1cnc2ccccc21)N1[C@H]2CC=C[C@H]1CC2. The Kier molecular flexibility index (Phi) is 2.62. The van der Waals surface area contributed by atoms with Crippen molar-refractivity contribution in [2.75, 3.05) is 0 Å². The standard InChI is InChI=1S/C16H17N3O/c20-16(19-12-4-3-5-13(19)9-8-12)10-18-11-17-14-6-1-2-7-15(14)18/h1-4,6-7,11-13H,5,8-10H2/t12-,13-/m0/s1. The van der Waals surface area contributed by atoms with Gasteiger partial charge in [0.1, 0.15) is 6.54 Å². The molecule has 0 radical (unpaired) electrons. The maximum absolute atomic E-state index is 12.6. The van der Waals surface area contributed by atoms with Gasteiger partial charge in [0.2, 0.25) is 5.91 Å². The summed E-state index contributed by atoms with van der Waals surface area (Å²) >= 11 is 0. The number of amides is 1. The van der Waals surface area contributed by atoms with E-state index in [2.05, 4.69) is 22.0 Å². The summed E-state index contributed by atoms with van der Waals surface area (Å²) in [7, 11) is 0. The topological polar surface area (TPSA) is 38.1 Å². The third-order valence-corrected chi connectivity index (χ3v) is 4.43. The van der Waals surface area contributed by atoms with Crippen molar-refractivity contribution in [3.63, 3.8) is 0 Å². The number of nitrogens with zero attached hydrogens (tertiary/aromatic N) is 3. The van der Waals surface area contributed by atoms with Gasteiger partial charge in [-0.1, -0.05) is 24.3 Å². The number of rotatable bonds is 2. The van der Waals surface area contributed by atoms with Crippen LogP contribution in [0.2, 0.25) is 0 Å². The quantitative estimate of drug-likeness (QED) is 0.783. The minimum absolute atomic E-state index is 0.213. The Morgan fingerprint density at radius 2 is 2.20 bits per heavy atom. The average molecular weight is 267 g/mol. The van der Waals surface area contributed by atoms with E-state index in [9.17, 15) is 4.79 Å². The lowest BCUT2D eigenvalue weighted by Gasteiger charge is -2.31. The van der Waals surface area contributed by atoms with Crippen LogP contribution in [-0.4, -0.2) is 32.4 Å². The zero-order valence-corrected chi connectivity index (χ0v) is 11.3. The first-order valence-electron chi connectivity index (χ1n) is 7.20. The predicted octanol–water partition coefficient (Wildman–Crippen LogP) is 2.36. The van der Waals surface area contributed by atoms with Gasteiger partial charge in [0.25, 0.3) is 0 Å². The highest BCUT2D eigenvalue weighted by Gasteiger charge is 2.36. The summed E-state index contributed by atoms with van der Waals surface area (Å²) in [6.45, 7) is 0.390. The summed E-state index contributed by atoms with van der Waals surface area (Å²) in [5.74, 6) is 0.213. The van der Waals surface area contributed by atoms with Crippen LogP contribution < -0.4 is 0 Å². The molecule has 1 saturated heterocycles. The maximum Gasteiger partial charge on any atom is 0.243 e. The molecule has 2 bridgehead atoms. The van der Waals surface area contributed by atoms with E-state index < -0.39 is 0 Å². The maximum atomic E-state index is 12.6. The summed E-state index contributed by atoms with van der Waals surface area (Å²) in [5.41, 5.74) is 1.97. The number of hydrogen-bond donors (Lipinski definition) is 0. The molecule has 2 aliphatic rings. The van der Waals surface area contributed by atoms with E-state index in [0.717, 1.165) is 30.3 Å². The molecule has 1 fully saturated rings. The van der Waals surface area contributed by atoms with Crippen molar-refractivity contribution in [2.24, 2.45) is 0 Å². The predicted molar refractivity (Wildman–Crippen MR) is 77.1 cm³/mol. The molecule has 20 heavy (non-hydrogen) atoms. The first kappa shape index (κ1) is 11.7. The lowest BCUT2D eigenvalue weighted by molar-refractivity contribution is -0.134. The summed E-state index contributed by atoms with van der Waals surface area (Å²) in [6.07, 6.45) is 9.43. The van der Waals surface area contributed by atoms with Crippen molar-refractivity contribution >= 4 is 16.9 Å². The van der Waals surface area contributed by atoms with Gasteiger partial charge >= 0.3 is 0 Å². The number of carbonyl (C=O) groups is 1. The van der Waals surface area contributed by atoms with Gasteiger partial charge in [0.15, 0.2) is 0 Å². The number of fused-ring (bicyclic) bond motifs is 3. The number of carbonyl (C=O) groups excluding carboxylic acids is 1. The molecule has 3 heterocycles. The second-order valence-corrected chi connectivity index (χ2v) is 5.62. The van der Waals surface area contributed by atoms with E-state index in [1.165, 1.54) is 0 Å². The Labute approximate surface area is 117 Å². The van der Waals surface area contributed by atoms with Crippen molar-refractivity contribution in [2.45, 2.75) is 37.9 Å². The fraction of sp³-hybridized carbons (Fsp3) is 0.375. The summed E-state index contributed by atoms with van der Waals surface area (Å²) in [4.78, 5) is 19.0. The van der Waals surface area contributed by atoms with E-state index in [1.54, 1.807) is 6.33 Å². The van der Waals surface area contributed by atoms with E-state index in [0.29, 0.717) is 18.6 Å². The third-order valence-electron chi connectivity index (χ3n) is 4.43. The molecule has 1 aromatic carbocycles. The Bertz CT molecular complexity index is 688. The number of para-hydroxylation sites is 2. The van der Waals surface area contributed by atoms with E-state index in [-0.39, 0.29) is 5.91 Å². The molecule has 1 aromatic heterocycles. The van der Waals surface area contributed by atoms with Gasteiger partial charge < -0.3 is 9.47 Å². The molecule has 2 aliphatic heterocycles. The first-order valence-corrected chi connectivity index (χ1v) is 7.20. The number of aromatic nitrogens is 2. The summed E-state index contributed by atoms with van der Waals surface area (Å²) in [6, 6.07) is 8.67. The summed E-state index contributed by atoms with van der Waals surface area (Å²) in [5, 5.41) is 0. The Balaban J connectivity index is 1.60. The molecule has 2 aromatic rings. The van der Waals surface area contributed by atoms with Crippen molar-refractivity contribution in [3.05, 3.63) is 42.7 Å². The lowest BCUT2D eigenvalue weighted by atomic mass is 10.1. The molecule has 1 amide bonds. The van der Waals surface area contributed by atoms with Crippen molar-refractivity contribution < 1.29 is 4.79 Å². The highest BCUT2D eigenvalue weighted by Crippen LogP contribution is 2.31. The molecule has 0 N–H and O–H groups in total. The Morgan fingerprint density at radius 3 is 3.10 bits per heavy atom. The molecular weight excluding hydrogens is 250 g/mol. The number of imidazole rings is 1. The van der Waals surface area contributed by atoms with Crippen LogP contribution in [0.3, 0.4) is 0 Å². The second-order valence-electron chi connectivity index (χ2n) is 5.62. The molecule has 102 valence electrons. The van der Waals surface area contributed by atoms with Crippen LogP contribution in [0.25, 0.3) is 11.0 Å². The Hall–Kier alpha value is -2.10. The molecule has 4 rings (SSSR count). The molecule has 2 atom stereocenters. The Morgan fingerprint density at radius 1 is 1.30 bits per heavy atom. The third kappa shape index (κ3) is 1.75. The molecular formula is C16H17N3O. The van der Waals surface area contributed by atoms with Crippen LogP contribution in [0.15, 0.2) is 42.7 Å². The van der Waals surface area contributed by atoms with Crippen LogP contribution in [0.5, 0.6) is 0 Å². The molecule has 0 saturated carbocycles. The average Bonchev–Trinajstić information content (AvgIpc) is 2.98. The molecule has 0 aliphatic carbocycles. The van der Waals surface area contributed by atoms with Crippen LogP contribution >= 0.6 is 0 Å². The zero-order chi connectivity index (χ0) is 13.5. The van der Waals surface area contributed by atoms with Gasteiger partial charge in [-0.05, 0) is 31.4 Å². The lowest BCUT2D eigenvalue weighted by Crippen LogP contribution is -2.43. The van der Waals surface area contributed by atoms with Crippen molar-refractivity contribution in [3.8, 4) is 0 Å². The summed E-state index contributed by atoms with van der Waals surface area (Å²) < 4.78 is 1.95. The monoisotopic (exact) mass is 267 g/mol. The number of hydrogen-bond acceptors (Lipinski definition) is 2. The first-order chi connectivity index (χ1) is 9.83. The minimum atomic E-state index is 0.213. The normalized spacial score (nSPS) is 24.5. The van der Waals surface area contributed by atoms with Crippen LogP contribution in [0, 0.1) is 0 Å². The smallest absolute Gasteiger partial charge is 0.243 e. The minimum Gasteiger partial charge on any atom is -0.331 e. The van der Waals surface area contributed by atoms with Crippen LogP contribution in [0.1, 0.15) is 19.3 Å². The number of benzene rings is 1. The second kappa shape index (κ2) is 4.47. The molecule has 4 heteroatoms. The molecule has 4 nitrogen and oxygen atoms in total.